The molecule has 96 valence electrons. The van der Waals surface area contributed by atoms with Gasteiger partial charge in [0.1, 0.15) is 5.82 Å². The average molecular weight is 284 g/mol. The maximum absolute atomic E-state index is 6.16. The van der Waals surface area contributed by atoms with Gasteiger partial charge in [-0.25, -0.2) is 4.98 Å². The second-order valence-corrected chi connectivity index (χ2v) is 5.05. The number of aryl methyl sites for hydroxylation is 2. The summed E-state index contributed by atoms with van der Waals surface area (Å²) in [5.74, 6) is 1.01. The Labute approximate surface area is 117 Å². The van der Waals surface area contributed by atoms with Crippen molar-refractivity contribution in [3.63, 3.8) is 0 Å². The summed E-state index contributed by atoms with van der Waals surface area (Å²) in [5.41, 5.74) is 6.97. The molecular weight excluding hydrogens is 269 g/mol. The molecular formula is C13H15Cl2N3. The van der Waals surface area contributed by atoms with E-state index in [0.29, 0.717) is 10.0 Å². The van der Waals surface area contributed by atoms with Crippen molar-refractivity contribution in [2.24, 2.45) is 12.8 Å². The summed E-state index contributed by atoms with van der Waals surface area (Å²) >= 11 is 12.3. The summed E-state index contributed by atoms with van der Waals surface area (Å²) in [6.07, 6.45) is 5.26. The molecule has 0 fully saturated rings. The van der Waals surface area contributed by atoms with Crippen LogP contribution < -0.4 is 5.73 Å². The van der Waals surface area contributed by atoms with Gasteiger partial charge in [-0.1, -0.05) is 29.3 Å². The number of nitrogens with two attached hydrogens (primary N) is 1. The van der Waals surface area contributed by atoms with Crippen LogP contribution in [0.15, 0.2) is 30.6 Å². The third-order valence-electron chi connectivity index (χ3n) is 2.97. The molecule has 0 saturated heterocycles. The van der Waals surface area contributed by atoms with Crippen molar-refractivity contribution >= 4 is 23.2 Å². The van der Waals surface area contributed by atoms with E-state index < -0.39 is 0 Å². The van der Waals surface area contributed by atoms with E-state index in [2.05, 4.69) is 4.98 Å². The molecule has 2 rings (SSSR count). The van der Waals surface area contributed by atoms with Crippen molar-refractivity contribution in [2.45, 2.75) is 18.9 Å². The van der Waals surface area contributed by atoms with Crippen LogP contribution in [-0.2, 0) is 13.5 Å². The molecule has 0 aliphatic rings. The van der Waals surface area contributed by atoms with Crippen molar-refractivity contribution < 1.29 is 0 Å². The number of imidazole rings is 1. The maximum Gasteiger partial charge on any atom is 0.108 e. The Balaban J connectivity index is 2.08. The molecule has 0 bridgehead atoms. The highest BCUT2D eigenvalue weighted by atomic mass is 35.5. The van der Waals surface area contributed by atoms with Crippen molar-refractivity contribution in [1.29, 1.82) is 0 Å². The molecule has 1 aromatic carbocycles. The zero-order valence-corrected chi connectivity index (χ0v) is 11.6. The lowest BCUT2D eigenvalue weighted by atomic mass is 10.0. The number of hydrogen-bond donors (Lipinski definition) is 1. The molecule has 0 spiro atoms. The first-order valence-corrected chi connectivity index (χ1v) is 6.51. The Morgan fingerprint density at radius 2 is 2.00 bits per heavy atom. The van der Waals surface area contributed by atoms with E-state index >= 15 is 0 Å². The number of halogens is 2. The summed E-state index contributed by atoms with van der Waals surface area (Å²) in [7, 11) is 1.97. The van der Waals surface area contributed by atoms with Crippen molar-refractivity contribution in [2.75, 3.05) is 0 Å². The van der Waals surface area contributed by atoms with Crippen LogP contribution in [0.3, 0.4) is 0 Å². The number of hydrogen-bond acceptors (Lipinski definition) is 2. The summed E-state index contributed by atoms with van der Waals surface area (Å²) in [5, 5.41) is 1.24. The first-order chi connectivity index (χ1) is 8.59. The Morgan fingerprint density at radius 3 is 2.56 bits per heavy atom. The number of benzene rings is 1. The molecule has 1 heterocycles. The quantitative estimate of drug-likeness (QED) is 0.935. The zero-order chi connectivity index (χ0) is 13.1. The molecule has 0 aliphatic carbocycles. The molecule has 3 nitrogen and oxygen atoms in total. The first kappa shape index (κ1) is 13.4. The van der Waals surface area contributed by atoms with Crippen molar-refractivity contribution in [3.05, 3.63) is 52.0 Å². The van der Waals surface area contributed by atoms with E-state index in [1.807, 2.05) is 36.0 Å². The second-order valence-electron chi connectivity index (χ2n) is 4.23. The van der Waals surface area contributed by atoms with E-state index in [-0.39, 0.29) is 6.04 Å². The smallest absolute Gasteiger partial charge is 0.108 e. The molecule has 5 heteroatoms. The van der Waals surface area contributed by atoms with Crippen LogP contribution in [0.4, 0.5) is 0 Å². The lowest BCUT2D eigenvalue weighted by molar-refractivity contribution is 0.621. The van der Waals surface area contributed by atoms with Gasteiger partial charge in [-0.05, 0) is 18.6 Å². The van der Waals surface area contributed by atoms with E-state index in [1.54, 1.807) is 6.20 Å². The molecule has 0 amide bonds. The standard InChI is InChI=1S/C13H15Cl2N3/c1-18-8-7-17-12(18)6-5-11(16)13-9(14)3-2-4-10(13)15/h2-4,7-8,11H,5-6,16H2,1H3. The van der Waals surface area contributed by atoms with Crippen LogP contribution in [0, 0.1) is 0 Å². The Kier molecular flexibility index (Phi) is 4.27. The van der Waals surface area contributed by atoms with Gasteiger partial charge < -0.3 is 10.3 Å². The Bertz CT molecular complexity index is 517. The first-order valence-electron chi connectivity index (χ1n) is 5.75. The van der Waals surface area contributed by atoms with Crippen LogP contribution in [-0.4, -0.2) is 9.55 Å². The molecule has 18 heavy (non-hydrogen) atoms. The summed E-state index contributed by atoms with van der Waals surface area (Å²) in [4.78, 5) is 4.27. The van der Waals surface area contributed by atoms with Gasteiger partial charge in [0.2, 0.25) is 0 Å². The molecule has 2 aromatic rings. The highest BCUT2D eigenvalue weighted by Gasteiger charge is 2.14. The average Bonchev–Trinajstić information content (AvgIpc) is 2.72. The zero-order valence-electron chi connectivity index (χ0n) is 10.1. The van der Waals surface area contributed by atoms with Crippen LogP contribution in [0.25, 0.3) is 0 Å². The summed E-state index contributed by atoms with van der Waals surface area (Å²) < 4.78 is 1.99. The monoisotopic (exact) mass is 283 g/mol. The molecule has 1 unspecified atom stereocenters. The van der Waals surface area contributed by atoms with Gasteiger partial charge in [0.05, 0.1) is 0 Å². The fourth-order valence-corrected chi connectivity index (χ4v) is 2.61. The molecule has 1 aromatic heterocycles. The molecule has 0 aliphatic heterocycles. The highest BCUT2D eigenvalue weighted by Crippen LogP contribution is 2.31. The van der Waals surface area contributed by atoms with Crippen LogP contribution in [0.1, 0.15) is 23.9 Å². The minimum Gasteiger partial charge on any atom is -0.338 e. The van der Waals surface area contributed by atoms with Crippen molar-refractivity contribution in [1.82, 2.24) is 9.55 Å². The summed E-state index contributed by atoms with van der Waals surface area (Å²) in [6.45, 7) is 0. The fraction of sp³-hybridized carbons (Fsp3) is 0.308. The van der Waals surface area contributed by atoms with Gasteiger partial charge in [-0.15, -0.1) is 0 Å². The Hall–Kier alpha value is -1.03. The topological polar surface area (TPSA) is 43.8 Å². The normalized spacial score (nSPS) is 12.7. The van der Waals surface area contributed by atoms with Gasteiger partial charge in [0, 0.05) is 47.5 Å². The third kappa shape index (κ3) is 2.86. The largest absolute Gasteiger partial charge is 0.338 e. The predicted molar refractivity (Wildman–Crippen MR) is 74.9 cm³/mol. The van der Waals surface area contributed by atoms with Crippen LogP contribution >= 0.6 is 23.2 Å². The van der Waals surface area contributed by atoms with Crippen LogP contribution in [0.5, 0.6) is 0 Å². The van der Waals surface area contributed by atoms with Crippen LogP contribution in [0.2, 0.25) is 10.0 Å². The van der Waals surface area contributed by atoms with Gasteiger partial charge in [-0.3, -0.25) is 0 Å². The van der Waals surface area contributed by atoms with Gasteiger partial charge in [-0.2, -0.15) is 0 Å². The molecule has 1 atom stereocenters. The lowest BCUT2D eigenvalue weighted by Gasteiger charge is -2.15. The van der Waals surface area contributed by atoms with E-state index in [9.17, 15) is 0 Å². The Morgan fingerprint density at radius 1 is 1.33 bits per heavy atom. The van der Waals surface area contributed by atoms with E-state index in [4.69, 9.17) is 28.9 Å². The van der Waals surface area contributed by atoms with Gasteiger partial charge >= 0.3 is 0 Å². The predicted octanol–water partition coefficient (Wildman–Crippen LogP) is 3.36. The molecule has 0 radical (unpaired) electrons. The van der Waals surface area contributed by atoms with E-state index in [1.165, 1.54) is 0 Å². The highest BCUT2D eigenvalue weighted by molar-refractivity contribution is 6.36. The third-order valence-corrected chi connectivity index (χ3v) is 3.63. The summed E-state index contributed by atoms with van der Waals surface area (Å²) in [6, 6.07) is 5.26. The minimum absolute atomic E-state index is 0.178. The van der Waals surface area contributed by atoms with E-state index in [0.717, 1.165) is 24.2 Å². The molecule has 0 saturated carbocycles. The SMILES string of the molecule is Cn1ccnc1CCC(N)c1c(Cl)cccc1Cl. The minimum atomic E-state index is -0.178. The lowest BCUT2D eigenvalue weighted by Crippen LogP contribution is -2.13. The van der Waals surface area contributed by atoms with Crippen molar-refractivity contribution in [3.8, 4) is 0 Å². The van der Waals surface area contributed by atoms with Gasteiger partial charge in [0.15, 0.2) is 0 Å². The fourth-order valence-electron chi connectivity index (χ4n) is 1.93. The number of nitrogens with zero attached hydrogens (tertiary/aromatic N) is 2. The molecule has 2 N–H and O–H groups in total. The number of rotatable bonds is 4. The van der Waals surface area contributed by atoms with Gasteiger partial charge in [0.25, 0.3) is 0 Å². The maximum atomic E-state index is 6.16. The number of aromatic nitrogens is 2. The second kappa shape index (κ2) is 5.74.